The number of benzene rings is 3. The summed E-state index contributed by atoms with van der Waals surface area (Å²) in [5.74, 6) is -0.149. The molecule has 1 amide bonds. The van der Waals surface area contributed by atoms with E-state index in [9.17, 15) is 4.79 Å². The maximum atomic E-state index is 12.4. The fraction of sp³-hybridized carbons (Fsp3) is 0.0909. The molecule has 142 valence electrons. The van der Waals surface area contributed by atoms with Gasteiger partial charge in [0.05, 0.1) is 15.7 Å². The fourth-order valence-electron chi connectivity index (χ4n) is 3.22. The van der Waals surface area contributed by atoms with Crippen LogP contribution in [-0.4, -0.2) is 25.9 Å². The number of hydrogen-bond donors (Lipinski definition) is 1. The Balaban J connectivity index is 1.31. The zero-order valence-corrected chi connectivity index (χ0v) is 16.5. The lowest BCUT2D eigenvalue weighted by atomic mass is 10.2. The van der Waals surface area contributed by atoms with E-state index in [2.05, 4.69) is 34.7 Å². The Hall–Kier alpha value is -3.58. The third kappa shape index (κ3) is 3.48. The second-order valence-corrected chi connectivity index (χ2v) is 7.88. The van der Waals surface area contributed by atoms with Crippen LogP contribution in [0, 0.1) is 6.92 Å². The molecule has 1 N–H and O–H groups in total. The molecule has 0 saturated carbocycles. The summed E-state index contributed by atoms with van der Waals surface area (Å²) in [6.07, 6.45) is 0. The second kappa shape index (κ2) is 7.10. The lowest BCUT2D eigenvalue weighted by molar-refractivity contribution is -0.116. The van der Waals surface area contributed by atoms with Crippen molar-refractivity contribution in [3.8, 4) is 10.6 Å². The van der Waals surface area contributed by atoms with Gasteiger partial charge in [0, 0.05) is 11.3 Å². The first-order valence-electron chi connectivity index (χ1n) is 9.21. The van der Waals surface area contributed by atoms with Crippen LogP contribution in [0.5, 0.6) is 0 Å². The van der Waals surface area contributed by atoms with E-state index in [4.69, 9.17) is 4.98 Å². The number of anilines is 1. The average Bonchev–Trinajstić information content (AvgIpc) is 3.32. The Kier molecular flexibility index (Phi) is 4.29. The van der Waals surface area contributed by atoms with Crippen molar-refractivity contribution in [1.82, 2.24) is 20.0 Å². The number of aryl methyl sites for hydroxylation is 1. The molecule has 0 aliphatic carbocycles. The van der Waals surface area contributed by atoms with Gasteiger partial charge in [-0.2, -0.15) is 0 Å². The molecule has 2 heterocycles. The summed E-state index contributed by atoms with van der Waals surface area (Å²) in [6, 6.07) is 21.6. The largest absolute Gasteiger partial charge is 0.324 e. The molecule has 0 unspecified atom stereocenters. The predicted octanol–water partition coefficient (Wildman–Crippen LogP) is 4.66. The highest BCUT2D eigenvalue weighted by Crippen LogP contribution is 2.31. The minimum absolute atomic E-state index is 0.111. The molecule has 0 bridgehead atoms. The van der Waals surface area contributed by atoms with Gasteiger partial charge in [0.2, 0.25) is 5.91 Å². The molecule has 0 radical (unpaired) electrons. The van der Waals surface area contributed by atoms with E-state index in [1.807, 2.05) is 54.6 Å². The summed E-state index contributed by atoms with van der Waals surface area (Å²) in [5, 5.41) is 12.0. The Morgan fingerprint density at radius 2 is 1.86 bits per heavy atom. The maximum Gasteiger partial charge on any atom is 0.246 e. The number of fused-ring (bicyclic) bond motifs is 2. The van der Waals surface area contributed by atoms with E-state index in [-0.39, 0.29) is 12.5 Å². The van der Waals surface area contributed by atoms with Crippen molar-refractivity contribution in [3.05, 3.63) is 72.3 Å². The molecular formula is C22H17N5OS. The van der Waals surface area contributed by atoms with Gasteiger partial charge < -0.3 is 5.32 Å². The zero-order valence-electron chi connectivity index (χ0n) is 15.7. The molecule has 0 fully saturated rings. The summed E-state index contributed by atoms with van der Waals surface area (Å²) in [5.41, 5.74) is 5.61. The second-order valence-electron chi connectivity index (χ2n) is 6.85. The highest BCUT2D eigenvalue weighted by atomic mass is 32.1. The van der Waals surface area contributed by atoms with Gasteiger partial charge in [-0.05, 0) is 61.0 Å². The van der Waals surface area contributed by atoms with Crippen molar-refractivity contribution in [3.63, 3.8) is 0 Å². The van der Waals surface area contributed by atoms with Crippen molar-refractivity contribution in [2.45, 2.75) is 13.5 Å². The van der Waals surface area contributed by atoms with E-state index in [0.717, 1.165) is 32.8 Å². The van der Waals surface area contributed by atoms with Crippen LogP contribution in [0.3, 0.4) is 0 Å². The standard InChI is InChI=1S/C22H17N5OS/c1-14-6-11-18-20(12-14)29-22(24-18)15-7-9-16(10-8-15)23-21(28)13-27-19-5-3-2-4-17(19)25-26-27/h2-12H,13H2,1H3,(H,23,28). The lowest BCUT2D eigenvalue weighted by Crippen LogP contribution is -2.19. The van der Waals surface area contributed by atoms with Gasteiger partial charge in [0.25, 0.3) is 0 Å². The minimum atomic E-state index is -0.149. The molecule has 5 rings (SSSR count). The smallest absolute Gasteiger partial charge is 0.246 e. The Bertz CT molecular complexity index is 1340. The van der Waals surface area contributed by atoms with Crippen LogP contribution in [0.2, 0.25) is 0 Å². The molecule has 0 spiro atoms. The zero-order chi connectivity index (χ0) is 19.8. The van der Waals surface area contributed by atoms with Crippen LogP contribution in [0.15, 0.2) is 66.7 Å². The first kappa shape index (κ1) is 17.5. The third-order valence-corrected chi connectivity index (χ3v) is 5.74. The molecule has 6 nitrogen and oxygen atoms in total. The summed E-state index contributed by atoms with van der Waals surface area (Å²) >= 11 is 1.67. The van der Waals surface area contributed by atoms with Crippen LogP contribution in [-0.2, 0) is 11.3 Å². The number of nitrogens with zero attached hydrogens (tertiary/aromatic N) is 4. The summed E-state index contributed by atoms with van der Waals surface area (Å²) in [7, 11) is 0. The van der Waals surface area contributed by atoms with Crippen molar-refractivity contribution in [2.75, 3.05) is 5.32 Å². The highest BCUT2D eigenvalue weighted by molar-refractivity contribution is 7.21. The number of hydrogen-bond acceptors (Lipinski definition) is 5. The van der Waals surface area contributed by atoms with Gasteiger partial charge in [-0.3, -0.25) is 4.79 Å². The van der Waals surface area contributed by atoms with Crippen molar-refractivity contribution >= 4 is 44.2 Å². The van der Waals surface area contributed by atoms with Gasteiger partial charge in [-0.1, -0.05) is 23.4 Å². The fourth-order valence-corrected chi connectivity index (χ4v) is 4.29. The van der Waals surface area contributed by atoms with Crippen molar-refractivity contribution < 1.29 is 4.79 Å². The summed E-state index contributed by atoms with van der Waals surface area (Å²) in [4.78, 5) is 17.1. The van der Waals surface area contributed by atoms with Gasteiger partial charge in [0.15, 0.2) is 0 Å². The first-order valence-corrected chi connectivity index (χ1v) is 10.0. The number of carbonyl (C=O) groups is 1. The molecule has 2 aromatic heterocycles. The predicted molar refractivity (Wildman–Crippen MR) is 116 cm³/mol. The maximum absolute atomic E-state index is 12.4. The van der Waals surface area contributed by atoms with Crippen molar-refractivity contribution in [2.24, 2.45) is 0 Å². The van der Waals surface area contributed by atoms with E-state index < -0.39 is 0 Å². The summed E-state index contributed by atoms with van der Waals surface area (Å²) in [6.45, 7) is 2.19. The van der Waals surface area contributed by atoms with E-state index >= 15 is 0 Å². The normalized spacial score (nSPS) is 11.2. The topological polar surface area (TPSA) is 72.7 Å². The average molecular weight is 399 g/mol. The highest BCUT2D eigenvalue weighted by Gasteiger charge is 2.10. The van der Waals surface area contributed by atoms with Crippen LogP contribution in [0.1, 0.15) is 5.56 Å². The van der Waals surface area contributed by atoms with Crippen LogP contribution in [0.4, 0.5) is 5.69 Å². The van der Waals surface area contributed by atoms with Crippen molar-refractivity contribution in [1.29, 1.82) is 0 Å². The molecule has 0 aliphatic heterocycles. The molecular weight excluding hydrogens is 382 g/mol. The number of aromatic nitrogens is 4. The molecule has 29 heavy (non-hydrogen) atoms. The van der Waals surface area contributed by atoms with Crippen LogP contribution < -0.4 is 5.32 Å². The van der Waals surface area contributed by atoms with E-state index in [1.54, 1.807) is 16.0 Å². The van der Waals surface area contributed by atoms with Gasteiger partial charge in [0.1, 0.15) is 17.1 Å². The number of nitrogens with one attached hydrogen (secondary N) is 1. The Labute approximate surface area is 170 Å². The van der Waals surface area contributed by atoms with Gasteiger partial charge in [-0.25, -0.2) is 9.67 Å². The number of amides is 1. The number of carbonyl (C=O) groups excluding carboxylic acids is 1. The lowest BCUT2D eigenvalue weighted by Gasteiger charge is -2.06. The Morgan fingerprint density at radius 1 is 1.03 bits per heavy atom. The SMILES string of the molecule is Cc1ccc2nc(-c3ccc(NC(=O)Cn4nnc5ccccc54)cc3)sc2c1. The van der Waals surface area contributed by atoms with Crippen LogP contribution >= 0.6 is 11.3 Å². The molecule has 0 atom stereocenters. The van der Waals surface area contributed by atoms with E-state index in [0.29, 0.717) is 0 Å². The number of rotatable bonds is 4. The van der Waals surface area contributed by atoms with Gasteiger partial charge >= 0.3 is 0 Å². The van der Waals surface area contributed by atoms with E-state index in [1.165, 1.54) is 10.3 Å². The summed E-state index contributed by atoms with van der Waals surface area (Å²) < 4.78 is 2.78. The first-order chi connectivity index (χ1) is 14.2. The minimum Gasteiger partial charge on any atom is -0.324 e. The number of thiazole rings is 1. The molecule has 0 aliphatic rings. The third-order valence-electron chi connectivity index (χ3n) is 4.67. The molecule has 5 aromatic rings. The quantitative estimate of drug-likeness (QED) is 0.477. The molecule has 3 aromatic carbocycles. The Morgan fingerprint density at radius 3 is 2.72 bits per heavy atom. The number of para-hydroxylation sites is 1. The van der Waals surface area contributed by atoms with Gasteiger partial charge in [-0.15, -0.1) is 16.4 Å². The monoisotopic (exact) mass is 399 g/mol. The molecule has 7 heteroatoms. The van der Waals surface area contributed by atoms with Crippen LogP contribution in [0.25, 0.3) is 31.8 Å². The molecule has 0 saturated heterocycles.